The summed E-state index contributed by atoms with van der Waals surface area (Å²) in [6.07, 6.45) is 93.6. The fourth-order valence-electron chi connectivity index (χ4n) is 11.9. The van der Waals surface area contributed by atoms with Crippen molar-refractivity contribution in [2.24, 2.45) is 0 Å². The average molecular weight is 1170 g/mol. The van der Waals surface area contributed by atoms with Crippen LogP contribution in [0.1, 0.15) is 418 Å². The Morgan fingerprint density at radius 2 is 0.602 bits per heavy atom. The number of carbonyl (C=O) groups excluding carboxylic acids is 2. The highest BCUT2D eigenvalue weighted by atomic mass is 16.5. The van der Waals surface area contributed by atoms with Crippen molar-refractivity contribution in [2.45, 2.75) is 431 Å². The van der Waals surface area contributed by atoms with Gasteiger partial charge in [-0.15, -0.1) is 0 Å². The molecule has 0 bridgehead atoms. The first-order valence-electron chi connectivity index (χ1n) is 37.7. The molecular weight excluding hydrogens is 1020 g/mol. The van der Waals surface area contributed by atoms with E-state index >= 15 is 0 Å². The summed E-state index contributed by atoms with van der Waals surface area (Å²) < 4.78 is 5.49. The van der Waals surface area contributed by atoms with Crippen molar-refractivity contribution in [3.05, 3.63) is 36.5 Å². The zero-order valence-corrected chi connectivity index (χ0v) is 56.2. The molecule has 1 amide bonds. The smallest absolute Gasteiger partial charge is 0.305 e. The number of carbonyl (C=O) groups is 2. The third-order valence-corrected chi connectivity index (χ3v) is 17.7. The fraction of sp³-hybridized carbons (Fsp3) is 0.896. The van der Waals surface area contributed by atoms with E-state index in [0.29, 0.717) is 25.9 Å². The lowest BCUT2D eigenvalue weighted by atomic mass is 10.0. The average Bonchev–Trinajstić information content (AvgIpc) is 3.49. The molecule has 0 aromatic carbocycles. The maximum atomic E-state index is 12.5. The number of nitrogens with one attached hydrogen (secondary N) is 1. The Balaban J connectivity index is 3.36. The molecule has 0 aliphatic rings. The molecule has 0 fully saturated rings. The minimum absolute atomic E-state index is 0.00469. The van der Waals surface area contributed by atoms with Gasteiger partial charge in [0.25, 0.3) is 0 Å². The molecule has 0 spiro atoms. The molecule has 490 valence electrons. The lowest BCUT2D eigenvalue weighted by Crippen LogP contribution is -2.45. The molecule has 6 nitrogen and oxygen atoms in total. The number of allylic oxidation sites excluding steroid dienone is 6. The van der Waals surface area contributed by atoms with Crippen LogP contribution in [0.3, 0.4) is 0 Å². The van der Waals surface area contributed by atoms with Gasteiger partial charge in [-0.3, -0.25) is 9.59 Å². The van der Waals surface area contributed by atoms with Crippen molar-refractivity contribution < 1.29 is 24.5 Å². The van der Waals surface area contributed by atoms with Crippen LogP contribution in [0.25, 0.3) is 0 Å². The van der Waals surface area contributed by atoms with Crippen molar-refractivity contribution in [1.82, 2.24) is 5.32 Å². The minimum atomic E-state index is -0.663. The van der Waals surface area contributed by atoms with Gasteiger partial charge in [0, 0.05) is 12.8 Å². The molecule has 0 aromatic rings. The second kappa shape index (κ2) is 72.6. The zero-order chi connectivity index (χ0) is 59.9. The monoisotopic (exact) mass is 1170 g/mol. The van der Waals surface area contributed by atoms with Crippen molar-refractivity contribution in [3.63, 3.8) is 0 Å². The normalized spacial score (nSPS) is 12.7. The Labute approximate surface area is 519 Å². The topological polar surface area (TPSA) is 95.9 Å². The second-order valence-electron chi connectivity index (χ2n) is 26.0. The predicted octanol–water partition coefficient (Wildman–Crippen LogP) is 24.7. The summed E-state index contributed by atoms with van der Waals surface area (Å²) >= 11 is 0. The highest BCUT2D eigenvalue weighted by Crippen LogP contribution is 2.19. The Morgan fingerprint density at radius 1 is 0.337 bits per heavy atom. The molecule has 83 heavy (non-hydrogen) atoms. The highest BCUT2D eigenvalue weighted by molar-refractivity contribution is 5.76. The molecule has 0 radical (unpaired) electrons. The van der Waals surface area contributed by atoms with Gasteiger partial charge in [0.2, 0.25) is 5.91 Å². The Bertz CT molecular complexity index is 1340. The number of amides is 1. The molecule has 0 aromatic heterocycles. The first-order valence-corrected chi connectivity index (χ1v) is 37.7. The molecular formula is C77H147NO5. The van der Waals surface area contributed by atoms with Gasteiger partial charge < -0.3 is 20.3 Å². The Kier molecular flexibility index (Phi) is 70.9. The van der Waals surface area contributed by atoms with Crippen LogP contribution in [-0.2, 0) is 14.3 Å². The fourth-order valence-corrected chi connectivity index (χ4v) is 11.9. The number of rotatable bonds is 71. The molecule has 2 atom stereocenters. The largest absolute Gasteiger partial charge is 0.466 e. The van der Waals surface area contributed by atoms with Gasteiger partial charge in [-0.25, -0.2) is 0 Å². The van der Waals surface area contributed by atoms with Gasteiger partial charge in [-0.05, 0) is 83.5 Å². The number of hydrogen-bond acceptors (Lipinski definition) is 5. The number of aliphatic hydroxyl groups is 2. The van der Waals surface area contributed by atoms with E-state index in [9.17, 15) is 19.8 Å². The van der Waals surface area contributed by atoms with Gasteiger partial charge in [-0.2, -0.15) is 0 Å². The molecule has 0 aliphatic carbocycles. The zero-order valence-electron chi connectivity index (χ0n) is 56.2. The lowest BCUT2D eigenvalue weighted by Gasteiger charge is -2.22. The standard InChI is InChI=1S/C77H147NO5/c1-3-5-7-9-11-13-15-17-19-20-35-38-42-45-49-53-57-61-65-69-75(80)74(73-79)78-76(81)70-66-62-58-54-50-46-43-39-36-33-31-29-27-25-23-21-22-24-26-28-30-32-34-37-40-44-48-52-56-60-64-68-72-83-77(82)71-67-63-59-55-51-47-41-18-16-14-12-10-8-6-4-2/h12,14,18,24,26,41,74-75,79-80H,3-11,13,15-17,19-23,25,27-40,42-73H2,1-2H3,(H,78,81)/b14-12-,26-24-,41-18-. The highest BCUT2D eigenvalue weighted by Gasteiger charge is 2.20. The predicted molar refractivity (Wildman–Crippen MR) is 366 cm³/mol. The maximum Gasteiger partial charge on any atom is 0.305 e. The van der Waals surface area contributed by atoms with E-state index in [2.05, 4.69) is 55.6 Å². The van der Waals surface area contributed by atoms with E-state index in [4.69, 9.17) is 4.74 Å². The molecule has 0 aliphatic heterocycles. The molecule has 0 saturated heterocycles. The summed E-state index contributed by atoms with van der Waals surface area (Å²) in [6.45, 7) is 4.96. The summed E-state index contributed by atoms with van der Waals surface area (Å²) in [4.78, 5) is 24.6. The summed E-state index contributed by atoms with van der Waals surface area (Å²) in [7, 11) is 0. The number of unbranched alkanes of at least 4 members (excludes halogenated alkanes) is 54. The van der Waals surface area contributed by atoms with Crippen LogP contribution >= 0.6 is 0 Å². The minimum Gasteiger partial charge on any atom is -0.466 e. The van der Waals surface area contributed by atoms with Crippen LogP contribution in [0.15, 0.2) is 36.5 Å². The summed E-state index contributed by atoms with van der Waals surface area (Å²) in [5.74, 6) is -0.0235. The number of aliphatic hydroxyl groups excluding tert-OH is 2. The molecule has 0 rings (SSSR count). The van der Waals surface area contributed by atoms with Crippen molar-refractivity contribution in [3.8, 4) is 0 Å². The van der Waals surface area contributed by atoms with Gasteiger partial charge in [0.1, 0.15) is 0 Å². The maximum absolute atomic E-state index is 12.5. The first-order chi connectivity index (χ1) is 41.0. The molecule has 6 heteroatoms. The third-order valence-electron chi connectivity index (χ3n) is 17.7. The SMILES string of the molecule is CCCCC/C=C\C/C=C\CCCCCCCC(=O)OCCCCCCCCCCCCCC/C=C\CCCCCCCCCCCCCCCCCCC(=O)NC(CO)C(O)CCCCCCCCCCCCCCCCCCCCC. The Hall–Kier alpha value is -1.92. The van der Waals surface area contributed by atoms with Gasteiger partial charge in [0.05, 0.1) is 25.4 Å². The van der Waals surface area contributed by atoms with E-state index in [-0.39, 0.29) is 18.5 Å². The lowest BCUT2D eigenvalue weighted by molar-refractivity contribution is -0.143. The number of esters is 1. The van der Waals surface area contributed by atoms with Crippen LogP contribution in [0, 0.1) is 0 Å². The summed E-state index contributed by atoms with van der Waals surface area (Å²) in [5.41, 5.74) is 0. The molecule has 0 heterocycles. The molecule has 2 unspecified atom stereocenters. The van der Waals surface area contributed by atoms with E-state index in [1.807, 2.05) is 0 Å². The van der Waals surface area contributed by atoms with Crippen LogP contribution in [-0.4, -0.2) is 47.4 Å². The second-order valence-corrected chi connectivity index (χ2v) is 26.0. The van der Waals surface area contributed by atoms with E-state index < -0.39 is 12.1 Å². The van der Waals surface area contributed by atoms with Crippen LogP contribution in [0.2, 0.25) is 0 Å². The van der Waals surface area contributed by atoms with E-state index in [1.54, 1.807) is 0 Å². The van der Waals surface area contributed by atoms with Crippen molar-refractivity contribution >= 4 is 11.9 Å². The quantitative estimate of drug-likeness (QED) is 0.0320. The van der Waals surface area contributed by atoms with E-state index in [0.717, 1.165) is 51.4 Å². The van der Waals surface area contributed by atoms with Crippen LogP contribution in [0.5, 0.6) is 0 Å². The first kappa shape index (κ1) is 81.1. The van der Waals surface area contributed by atoms with Crippen molar-refractivity contribution in [1.29, 1.82) is 0 Å². The third kappa shape index (κ3) is 69.1. The number of ether oxygens (including phenoxy) is 1. The van der Waals surface area contributed by atoms with Gasteiger partial charge in [-0.1, -0.05) is 359 Å². The summed E-state index contributed by atoms with van der Waals surface area (Å²) in [6, 6.07) is -0.540. The summed E-state index contributed by atoms with van der Waals surface area (Å²) in [5, 5.41) is 23.4. The van der Waals surface area contributed by atoms with Crippen molar-refractivity contribution in [2.75, 3.05) is 13.2 Å². The van der Waals surface area contributed by atoms with Gasteiger partial charge >= 0.3 is 5.97 Å². The van der Waals surface area contributed by atoms with E-state index in [1.165, 1.54) is 334 Å². The molecule has 3 N–H and O–H groups in total. The van der Waals surface area contributed by atoms with Crippen LogP contribution < -0.4 is 5.32 Å². The number of hydrogen-bond donors (Lipinski definition) is 3. The Morgan fingerprint density at radius 3 is 0.952 bits per heavy atom. The van der Waals surface area contributed by atoms with Gasteiger partial charge in [0.15, 0.2) is 0 Å². The van der Waals surface area contributed by atoms with Crippen LogP contribution in [0.4, 0.5) is 0 Å². The molecule has 0 saturated carbocycles.